The Morgan fingerprint density at radius 3 is 2.64 bits per heavy atom. The van der Waals surface area contributed by atoms with Crippen LogP contribution in [0.4, 0.5) is 0 Å². The van der Waals surface area contributed by atoms with Crippen molar-refractivity contribution in [1.29, 1.82) is 0 Å². The third-order valence-corrected chi connectivity index (χ3v) is 3.31. The average molecular weight is 298 g/mol. The zero-order chi connectivity index (χ0) is 15.4. The molecule has 1 aromatic carbocycles. The number of aliphatic hydroxyl groups is 1. The van der Waals surface area contributed by atoms with Gasteiger partial charge < -0.3 is 14.6 Å². The Hall–Kier alpha value is -2.53. The molecule has 0 aliphatic heterocycles. The van der Waals surface area contributed by atoms with Gasteiger partial charge in [0.1, 0.15) is 23.8 Å². The highest BCUT2D eigenvalue weighted by molar-refractivity contribution is 5.65. The van der Waals surface area contributed by atoms with E-state index in [4.69, 9.17) is 14.6 Å². The van der Waals surface area contributed by atoms with Crippen LogP contribution < -0.4 is 9.47 Å². The van der Waals surface area contributed by atoms with Gasteiger partial charge in [-0.1, -0.05) is 0 Å². The molecule has 3 rings (SSSR count). The summed E-state index contributed by atoms with van der Waals surface area (Å²) in [4.78, 5) is 4.43. The SMILES string of the molecule is CCOc1ccn2c(-c3ccc(OCCO)cc3)cnc2c1. The van der Waals surface area contributed by atoms with Gasteiger partial charge in [-0.2, -0.15) is 0 Å². The first-order valence-electron chi connectivity index (χ1n) is 7.26. The smallest absolute Gasteiger partial charge is 0.140 e. The van der Waals surface area contributed by atoms with Gasteiger partial charge in [-0.3, -0.25) is 4.40 Å². The summed E-state index contributed by atoms with van der Waals surface area (Å²) in [5, 5.41) is 8.76. The van der Waals surface area contributed by atoms with E-state index in [9.17, 15) is 0 Å². The fraction of sp³-hybridized carbons (Fsp3) is 0.235. The van der Waals surface area contributed by atoms with Crippen LogP contribution >= 0.6 is 0 Å². The van der Waals surface area contributed by atoms with Gasteiger partial charge in [0.05, 0.1) is 25.1 Å². The second kappa shape index (κ2) is 6.49. The minimum atomic E-state index is 0.0111. The van der Waals surface area contributed by atoms with E-state index in [-0.39, 0.29) is 6.61 Å². The Morgan fingerprint density at radius 1 is 1.09 bits per heavy atom. The highest BCUT2D eigenvalue weighted by Gasteiger charge is 2.07. The van der Waals surface area contributed by atoms with Crippen molar-refractivity contribution in [3.05, 3.63) is 48.8 Å². The van der Waals surface area contributed by atoms with Crippen LogP contribution in [-0.4, -0.2) is 34.3 Å². The molecular formula is C17H18N2O3. The first-order valence-corrected chi connectivity index (χ1v) is 7.26. The molecule has 3 aromatic rings. The summed E-state index contributed by atoms with van der Waals surface area (Å²) in [5.74, 6) is 1.56. The van der Waals surface area contributed by atoms with E-state index in [0.29, 0.717) is 13.2 Å². The molecule has 114 valence electrons. The number of fused-ring (bicyclic) bond motifs is 1. The average Bonchev–Trinajstić information content (AvgIpc) is 2.97. The quantitative estimate of drug-likeness (QED) is 0.760. The molecule has 5 heteroatoms. The molecule has 2 heterocycles. The standard InChI is InChI=1S/C17H18N2O3/c1-2-21-15-7-8-19-16(12-18-17(19)11-15)13-3-5-14(6-4-13)22-10-9-20/h3-8,11-12,20H,2,9-10H2,1H3. The number of rotatable bonds is 6. The predicted molar refractivity (Wildman–Crippen MR) is 84.4 cm³/mol. The van der Waals surface area contributed by atoms with E-state index in [1.165, 1.54) is 0 Å². The van der Waals surface area contributed by atoms with Crippen molar-refractivity contribution in [2.75, 3.05) is 19.8 Å². The number of pyridine rings is 1. The van der Waals surface area contributed by atoms with Gasteiger partial charge in [-0.05, 0) is 37.3 Å². The minimum Gasteiger partial charge on any atom is -0.494 e. The summed E-state index contributed by atoms with van der Waals surface area (Å²) >= 11 is 0. The highest BCUT2D eigenvalue weighted by atomic mass is 16.5. The lowest BCUT2D eigenvalue weighted by molar-refractivity contribution is 0.201. The molecule has 22 heavy (non-hydrogen) atoms. The monoisotopic (exact) mass is 298 g/mol. The highest BCUT2D eigenvalue weighted by Crippen LogP contribution is 2.25. The van der Waals surface area contributed by atoms with E-state index in [1.807, 2.05) is 60.1 Å². The predicted octanol–water partition coefficient (Wildman–Crippen LogP) is 2.77. The number of nitrogens with zero attached hydrogens (tertiary/aromatic N) is 2. The fourth-order valence-electron chi connectivity index (χ4n) is 2.32. The molecule has 0 bridgehead atoms. The van der Waals surface area contributed by atoms with E-state index < -0.39 is 0 Å². The first kappa shape index (κ1) is 14.4. The summed E-state index contributed by atoms with van der Waals surface area (Å²) < 4.78 is 12.9. The topological polar surface area (TPSA) is 56.0 Å². The van der Waals surface area contributed by atoms with Crippen LogP contribution in [0.15, 0.2) is 48.8 Å². The zero-order valence-corrected chi connectivity index (χ0v) is 12.4. The van der Waals surface area contributed by atoms with Crippen molar-refractivity contribution >= 4 is 5.65 Å². The molecule has 0 amide bonds. The number of ether oxygens (including phenoxy) is 2. The Bertz CT molecular complexity index is 750. The lowest BCUT2D eigenvalue weighted by atomic mass is 10.1. The summed E-state index contributed by atoms with van der Waals surface area (Å²) in [6.07, 6.45) is 3.80. The van der Waals surface area contributed by atoms with Crippen LogP contribution in [0.25, 0.3) is 16.9 Å². The molecule has 1 N–H and O–H groups in total. The van der Waals surface area contributed by atoms with Crippen LogP contribution in [0.2, 0.25) is 0 Å². The minimum absolute atomic E-state index is 0.0111. The Labute approximate surface area is 128 Å². The van der Waals surface area contributed by atoms with E-state index >= 15 is 0 Å². The van der Waals surface area contributed by atoms with Gasteiger partial charge >= 0.3 is 0 Å². The van der Waals surface area contributed by atoms with Crippen LogP contribution in [-0.2, 0) is 0 Å². The van der Waals surface area contributed by atoms with E-state index in [1.54, 1.807) is 0 Å². The molecule has 0 aliphatic carbocycles. The normalized spacial score (nSPS) is 10.8. The molecule has 0 atom stereocenters. The number of aromatic nitrogens is 2. The maximum absolute atomic E-state index is 8.76. The number of hydrogen-bond acceptors (Lipinski definition) is 4. The van der Waals surface area contributed by atoms with Crippen molar-refractivity contribution in [3.8, 4) is 22.8 Å². The first-order chi connectivity index (χ1) is 10.8. The summed E-state index contributed by atoms with van der Waals surface area (Å²) in [5.41, 5.74) is 2.90. The number of hydrogen-bond donors (Lipinski definition) is 1. The second-order valence-corrected chi connectivity index (χ2v) is 4.76. The lowest BCUT2D eigenvalue weighted by Gasteiger charge is -2.07. The summed E-state index contributed by atoms with van der Waals surface area (Å²) in [6.45, 7) is 2.91. The lowest BCUT2D eigenvalue weighted by Crippen LogP contribution is -2.01. The zero-order valence-electron chi connectivity index (χ0n) is 12.4. The van der Waals surface area contributed by atoms with Crippen LogP contribution in [0, 0.1) is 0 Å². The van der Waals surface area contributed by atoms with Crippen LogP contribution in [0.3, 0.4) is 0 Å². The third-order valence-electron chi connectivity index (χ3n) is 3.31. The molecule has 0 spiro atoms. The summed E-state index contributed by atoms with van der Waals surface area (Å²) in [6, 6.07) is 11.6. The molecule has 0 fully saturated rings. The van der Waals surface area contributed by atoms with Gasteiger partial charge in [0.2, 0.25) is 0 Å². The fourth-order valence-corrected chi connectivity index (χ4v) is 2.32. The molecule has 5 nitrogen and oxygen atoms in total. The van der Waals surface area contributed by atoms with Crippen LogP contribution in [0.5, 0.6) is 11.5 Å². The molecule has 0 radical (unpaired) electrons. The van der Waals surface area contributed by atoms with Crippen molar-refractivity contribution < 1.29 is 14.6 Å². The third kappa shape index (κ3) is 2.89. The Balaban J connectivity index is 1.89. The molecule has 0 saturated carbocycles. The van der Waals surface area contributed by atoms with E-state index in [2.05, 4.69) is 4.98 Å². The maximum Gasteiger partial charge on any atom is 0.140 e. The Morgan fingerprint density at radius 2 is 1.91 bits per heavy atom. The van der Waals surface area contributed by atoms with Crippen molar-refractivity contribution in [1.82, 2.24) is 9.38 Å². The summed E-state index contributed by atoms with van der Waals surface area (Å²) in [7, 11) is 0. The van der Waals surface area contributed by atoms with Gasteiger partial charge in [-0.15, -0.1) is 0 Å². The maximum atomic E-state index is 8.76. The number of benzene rings is 1. The van der Waals surface area contributed by atoms with Crippen molar-refractivity contribution in [3.63, 3.8) is 0 Å². The van der Waals surface area contributed by atoms with Crippen LogP contribution in [0.1, 0.15) is 6.92 Å². The Kier molecular flexibility index (Phi) is 4.25. The largest absolute Gasteiger partial charge is 0.494 e. The van der Waals surface area contributed by atoms with Crippen molar-refractivity contribution in [2.45, 2.75) is 6.92 Å². The number of aliphatic hydroxyl groups excluding tert-OH is 1. The molecule has 0 saturated heterocycles. The number of imidazole rings is 1. The van der Waals surface area contributed by atoms with Gasteiger partial charge in [-0.25, -0.2) is 4.98 Å². The molecular weight excluding hydrogens is 280 g/mol. The van der Waals surface area contributed by atoms with Gasteiger partial charge in [0, 0.05) is 17.8 Å². The van der Waals surface area contributed by atoms with Gasteiger partial charge in [0.25, 0.3) is 0 Å². The molecule has 2 aromatic heterocycles. The molecule has 0 aliphatic rings. The van der Waals surface area contributed by atoms with Crippen molar-refractivity contribution in [2.24, 2.45) is 0 Å². The van der Waals surface area contributed by atoms with E-state index in [0.717, 1.165) is 28.4 Å². The molecule has 0 unspecified atom stereocenters. The second-order valence-electron chi connectivity index (χ2n) is 4.76. The van der Waals surface area contributed by atoms with Gasteiger partial charge in [0.15, 0.2) is 0 Å².